The number of alkyl halides is 1. The molecule has 44 valence electrons. The molecule has 0 aliphatic rings. The summed E-state index contributed by atoms with van der Waals surface area (Å²) in [5.74, 6) is -0.246. The molecule has 4 heteroatoms. The summed E-state index contributed by atoms with van der Waals surface area (Å²) >= 11 is 3.05. The average molecular weight is 177 g/mol. The third-order valence-corrected chi connectivity index (χ3v) is 0.913. The van der Waals surface area contributed by atoms with Gasteiger partial charge >= 0.3 is 0 Å². The monoisotopic (exact) mass is 176 g/mol. The van der Waals surface area contributed by atoms with Crippen LogP contribution in [-0.2, 0) is 4.79 Å². The van der Waals surface area contributed by atoms with Gasteiger partial charge in [-0.1, -0.05) is 15.9 Å². The zero-order valence-corrected chi connectivity index (χ0v) is 5.73. The van der Waals surface area contributed by atoms with E-state index in [1.165, 1.54) is 6.19 Å². The van der Waals surface area contributed by atoms with Gasteiger partial charge in [0.1, 0.15) is 0 Å². The van der Waals surface area contributed by atoms with Crippen LogP contribution in [-0.4, -0.2) is 11.2 Å². The van der Waals surface area contributed by atoms with Crippen LogP contribution in [0.25, 0.3) is 0 Å². The van der Waals surface area contributed by atoms with E-state index in [1.807, 2.05) is 5.32 Å². The second kappa shape index (κ2) is 4.60. The van der Waals surface area contributed by atoms with Gasteiger partial charge in [0.2, 0.25) is 5.91 Å². The van der Waals surface area contributed by atoms with E-state index in [9.17, 15) is 4.79 Å². The highest BCUT2D eigenvalue weighted by Crippen LogP contribution is 1.84. The SMILES string of the molecule is N#CNC(=O)CCBr. The van der Waals surface area contributed by atoms with E-state index in [-0.39, 0.29) is 5.91 Å². The van der Waals surface area contributed by atoms with E-state index in [0.29, 0.717) is 11.8 Å². The number of rotatable bonds is 2. The number of nitriles is 1. The van der Waals surface area contributed by atoms with Crippen LogP contribution in [0.5, 0.6) is 0 Å². The van der Waals surface area contributed by atoms with Crippen molar-refractivity contribution in [2.24, 2.45) is 0 Å². The molecule has 0 aromatic rings. The van der Waals surface area contributed by atoms with Gasteiger partial charge < -0.3 is 0 Å². The van der Waals surface area contributed by atoms with Crippen molar-refractivity contribution >= 4 is 21.8 Å². The minimum Gasteiger partial charge on any atom is -0.274 e. The second-order valence-electron chi connectivity index (χ2n) is 1.10. The molecule has 0 saturated heterocycles. The fourth-order valence-electron chi connectivity index (χ4n) is 0.211. The van der Waals surface area contributed by atoms with E-state index in [2.05, 4.69) is 15.9 Å². The first-order valence-corrected chi connectivity index (χ1v) is 3.17. The third kappa shape index (κ3) is 3.62. The van der Waals surface area contributed by atoms with Crippen molar-refractivity contribution in [3.63, 3.8) is 0 Å². The molecule has 0 aromatic heterocycles. The Hall–Kier alpha value is -0.560. The number of halogens is 1. The average Bonchev–Trinajstić information content (AvgIpc) is 1.68. The quantitative estimate of drug-likeness (QED) is 0.376. The van der Waals surface area contributed by atoms with Crippen LogP contribution in [0.4, 0.5) is 0 Å². The summed E-state index contributed by atoms with van der Waals surface area (Å²) in [4.78, 5) is 10.3. The highest BCUT2D eigenvalue weighted by Gasteiger charge is 1.94. The number of carbonyl (C=O) groups is 1. The van der Waals surface area contributed by atoms with E-state index in [0.717, 1.165) is 0 Å². The maximum Gasteiger partial charge on any atom is 0.233 e. The predicted molar refractivity (Wildman–Crippen MR) is 32.2 cm³/mol. The summed E-state index contributed by atoms with van der Waals surface area (Å²) in [6.07, 6.45) is 1.89. The summed E-state index contributed by atoms with van der Waals surface area (Å²) in [6.45, 7) is 0. The largest absolute Gasteiger partial charge is 0.274 e. The molecule has 0 bridgehead atoms. The Morgan fingerprint density at radius 2 is 2.50 bits per heavy atom. The van der Waals surface area contributed by atoms with Gasteiger partial charge in [0, 0.05) is 11.8 Å². The molecule has 0 rings (SSSR count). The van der Waals surface area contributed by atoms with Gasteiger partial charge in [0.15, 0.2) is 6.19 Å². The van der Waals surface area contributed by atoms with Crippen molar-refractivity contribution < 1.29 is 4.79 Å². The summed E-state index contributed by atoms with van der Waals surface area (Å²) in [6, 6.07) is 0. The summed E-state index contributed by atoms with van der Waals surface area (Å²) in [5.41, 5.74) is 0. The topological polar surface area (TPSA) is 52.9 Å². The Balaban J connectivity index is 3.23. The molecule has 0 atom stereocenters. The van der Waals surface area contributed by atoms with Crippen LogP contribution >= 0.6 is 15.9 Å². The van der Waals surface area contributed by atoms with Crippen molar-refractivity contribution in [1.29, 1.82) is 5.26 Å². The summed E-state index contributed by atoms with van der Waals surface area (Å²) in [7, 11) is 0. The van der Waals surface area contributed by atoms with Crippen LogP contribution in [0.3, 0.4) is 0 Å². The van der Waals surface area contributed by atoms with Gasteiger partial charge in [0.25, 0.3) is 0 Å². The molecule has 0 heterocycles. The lowest BCUT2D eigenvalue weighted by atomic mass is 10.5. The molecular weight excluding hydrogens is 172 g/mol. The Morgan fingerprint density at radius 3 is 2.88 bits per heavy atom. The number of hydrogen-bond acceptors (Lipinski definition) is 2. The van der Waals surface area contributed by atoms with Gasteiger partial charge in [-0.15, -0.1) is 0 Å². The molecule has 0 aliphatic carbocycles. The van der Waals surface area contributed by atoms with Crippen LogP contribution < -0.4 is 5.32 Å². The van der Waals surface area contributed by atoms with Gasteiger partial charge in [-0.05, 0) is 0 Å². The number of nitrogens with one attached hydrogen (secondary N) is 1. The first-order valence-electron chi connectivity index (χ1n) is 2.05. The van der Waals surface area contributed by atoms with Gasteiger partial charge in [-0.25, -0.2) is 0 Å². The maximum atomic E-state index is 10.3. The highest BCUT2D eigenvalue weighted by molar-refractivity contribution is 9.09. The second-order valence-corrected chi connectivity index (χ2v) is 1.89. The third-order valence-electron chi connectivity index (χ3n) is 0.517. The molecule has 1 N–H and O–H groups in total. The first-order chi connectivity index (χ1) is 3.81. The van der Waals surface area contributed by atoms with Crippen molar-refractivity contribution in [3.05, 3.63) is 0 Å². The Labute approximate surface area is 55.8 Å². The van der Waals surface area contributed by atoms with Gasteiger partial charge in [0.05, 0.1) is 0 Å². The molecule has 3 nitrogen and oxygen atoms in total. The lowest BCUT2D eigenvalue weighted by molar-refractivity contribution is -0.119. The smallest absolute Gasteiger partial charge is 0.233 e. The van der Waals surface area contributed by atoms with E-state index in [1.54, 1.807) is 0 Å². The molecule has 0 spiro atoms. The standard InChI is InChI=1S/C4H5BrN2O/c5-2-1-4(8)7-3-6/h1-2H2,(H,7,8). The van der Waals surface area contributed by atoms with Crippen molar-refractivity contribution in [1.82, 2.24) is 5.32 Å². The Bertz CT molecular complexity index is 118. The lowest BCUT2D eigenvalue weighted by Crippen LogP contribution is -2.16. The molecule has 0 unspecified atom stereocenters. The zero-order chi connectivity index (χ0) is 6.41. The fraction of sp³-hybridized carbons (Fsp3) is 0.500. The molecule has 8 heavy (non-hydrogen) atoms. The highest BCUT2D eigenvalue weighted by atomic mass is 79.9. The van der Waals surface area contributed by atoms with Crippen LogP contribution in [0.15, 0.2) is 0 Å². The number of hydrogen-bond donors (Lipinski definition) is 1. The fourth-order valence-corrected chi connectivity index (χ4v) is 0.571. The lowest BCUT2D eigenvalue weighted by Gasteiger charge is -1.87. The molecule has 0 aliphatic heterocycles. The van der Waals surface area contributed by atoms with Crippen LogP contribution in [0.1, 0.15) is 6.42 Å². The predicted octanol–water partition coefficient (Wildman–Crippen LogP) is 0.369. The molecule has 0 fully saturated rings. The number of amides is 1. The maximum absolute atomic E-state index is 10.3. The van der Waals surface area contributed by atoms with Crippen LogP contribution in [0.2, 0.25) is 0 Å². The Morgan fingerprint density at radius 1 is 1.88 bits per heavy atom. The summed E-state index contributed by atoms with van der Waals surface area (Å²) in [5, 5.41) is 10.4. The first kappa shape index (κ1) is 7.44. The van der Waals surface area contributed by atoms with Crippen molar-refractivity contribution in [2.45, 2.75) is 6.42 Å². The molecule has 0 radical (unpaired) electrons. The van der Waals surface area contributed by atoms with E-state index >= 15 is 0 Å². The molecule has 1 amide bonds. The minimum atomic E-state index is -0.246. The normalized spacial score (nSPS) is 7.50. The molecule has 0 aromatic carbocycles. The van der Waals surface area contributed by atoms with E-state index < -0.39 is 0 Å². The van der Waals surface area contributed by atoms with Crippen molar-refractivity contribution in [2.75, 3.05) is 5.33 Å². The van der Waals surface area contributed by atoms with Crippen LogP contribution in [0, 0.1) is 11.5 Å². The van der Waals surface area contributed by atoms with Gasteiger partial charge in [-0.3, -0.25) is 10.1 Å². The Kier molecular flexibility index (Phi) is 4.27. The minimum absolute atomic E-state index is 0.246. The molecular formula is C4H5BrN2O. The number of carbonyl (C=O) groups excluding carboxylic acids is 1. The molecule has 0 saturated carbocycles. The van der Waals surface area contributed by atoms with Gasteiger partial charge in [-0.2, -0.15) is 5.26 Å². The van der Waals surface area contributed by atoms with E-state index in [4.69, 9.17) is 5.26 Å². The van der Waals surface area contributed by atoms with Crippen molar-refractivity contribution in [3.8, 4) is 6.19 Å². The number of nitrogens with zero attached hydrogens (tertiary/aromatic N) is 1. The zero-order valence-electron chi connectivity index (χ0n) is 4.15. The summed E-state index contributed by atoms with van der Waals surface area (Å²) < 4.78 is 0.